The van der Waals surface area contributed by atoms with Crippen LogP contribution in [0, 0.1) is 10.1 Å². The van der Waals surface area contributed by atoms with Crippen molar-refractivity contribution in [3.8, 4) is 11.4 Å². The van der Waals surface area contributed by atoms with E-state index >= 15 is 0 Å². The molecule has 0 aliphatic rings. The Hall–Kier alpha value is -3.20. The molecule has 29 heavy (non-hydrogen) atoms. The van der Waals surface area contributed by atoms with Gasteiger partial charge in [-0.05, 0) is 31.0 Å². The van der Waals surface area contributed by atoms with Crippen LogP contribution in [0.25, 0.3) is 11.4 Å². The van der Waals surface area contributed by atoms with Gasteiger partial charge in [0.25, 0.3) is 11.6 Å². The third-order valence-electron chi connectivity index (χ3n) is 4.12. The molecule has 0 unspecified atom stereocenters. The first kappa shape index (κ1) is 20.5. The third kappa shape index (κ3) is 5.41. The highest BCUT2D eigenvalue weighted by atomic mass is 32.2. The van der Waals surface area contributed by atoms with Crippen molar-refractivity contribution in [2.45, 2.75) is 37.0 Å². The molecule has 9 heteroatoms. The average molecular weight is 413 g/mol. The summed E-state index contributed by atoms with van der Waals surface area (Å²) in [4.78, 5) is 27.4. The summed E-state index contributed by atoms with van der Waals surface area (Å²) in [5, 5.41) is 14.1. The van der Waals surface area contributed by atoms with Gasteiger partial charge in [-0.25, -0.2) is 0 Å². The molecule has 3 rings (SSSR count). The molecule has 0 aliphatic carbocycles. The van der Waals surface area contributed by atoms with Crippen molar-refractivity contribution in [2.75, 3.05) is 0 Å². The number of aryl methyl sites for hydroxylation is 1. The first-order valence-corrected chi connectivity index (χ1v) is 9.84. The van der Waals surface area contributed by atoms with Gasteiger partial charge < -0.3 is 9.26 Å². The van der Waals surface area contributed by atoms with Crippen LogP contribution in [0.3, 0.4) is 0 Å². The van der Waals surface area contributed by atoms with Crippen LogP contribution in [0.1, 0.15) is 25.3 Å². The zero-order valence-corrected chi connectivity index (χ0v) is 16.7. The first-order chi connectivity index (χ1) is 14.0. The second kappa shape index (κ2) is 9.33. The Morgan fingerprint density at radius 2 is 1.90 bits per heavy atom. The number of aromatic nitrogens is 2. The second-order valence-electron chi connectivity index (χ2n) is 6.18. The van der Waals surface area contributed by atoms with Crippen LogP contribution in [0.5, 0.6) is 0 Å². The van der Waals surface area contributed by atoms with Crippen molar-refractivity contribution in [3.63, 3.8) is 0 Å². The number of rotatable bonds is 8. The lowest BCUT2D eigenvalue weighted by Gasteiger charge is -2.09. The van der Waals surface area contributed by atoms with E-state index in [0.717, 1.165) is 16.9 Å². The monoisotopic (exact) mass is 413 g/mol. The van der Waals surface area contributed by atoms with E-state index in [1.165, 1.54) is 29.5 Å². The number of nitrogens with zero attached hydrogens (tertiary/aromatic N) is 3. The van der Waals surface area contributed by atoms with Crippen molar-refractivity contribution in [2.24, 2.45) is 0 Å². The van der Waals surface area contributed by atoms with Crippen molar-refractivity contribution < 1.29 is 19.0 Å². The lowest BCUT2D eigenvalue weighted by molar-refractivity contribution is -0.384. The largest absolute Gasteiger partial charge is 0.455 e. The molecule has 0 bridgehead atoms. The van der Waals surface area contributed by atoms with E-state index in [-0.39, 0.29) is 18.2 Å². The van der Waals surface area contributed by atoms with Gasteiger partial charge in [0.2, 0.25) is 5.82 Å². The number of hydrogen-bond acceptors (Lipinski definition) is 8. The van der Waals surface area contributed by atoms with E-state index in [2.05, 4.69) is 17.1 Å². The number of thioether (sulfide) groups is 1. The highest BCUT2D eigenvalue weighted by Gasteiger charge is 2.18. The Bertz CT molecular complexity index is 986. The number of esters is 1. The van der Waals surface area contributed by atoms with Crippen LogP contribution in [0.4, 0.5) is 5.69 Å². The average Bonchev–Trinajstić information content (AvgIpc) is 3.21. The normalized spacial score (nSPS) is 11.8. The second-order valence-corrected chi connectivity index (χ2v) is 7.60. The summed E-state index contributed by atoms with van der Waals surface area (Å²) < 4.78 is 10.4. The summed E-state index contributed by atoms with van der Waals surface area (Å²) in [5.41, 5.74) is 2.04. The molecule has 1 heterocycles. The summed E-state index contributed by atoms with van der Waals surface area (Å²) in [6.07, 6.45) is 0.948. The minimum atomic E-state index is -0.500. The number of non-ortho nitro benzene ring substituents is 1. The topological polar surface area (TPSA) is 108 Å². The maximum Gasteiger partial charge on any atom is 0.319 e. The number of hydrogen-bond donors (Lipinski definition) is 0. The molecule has 0 amide bonds. The number of benzene rings is 2. The Kier molecular flexibility index (Phi) is 6.61. The Labute approximate surface area is 171 Å². The number of nitro groups is 1. The predicted molar refractivity (Wildman–Crippen MR) is 107 cm³/mol. The lowest BCUT2D eigenvalue weighted by atomic mass is 10.1. The molecule has 0 saturated carbocycles. The molecule has 0 spiro atoms. The zero-order valence-electron chi connectivity index (χ0n) is 15.9. The third-order valence-corrected chi connectivity index (χ3v) is 5.21. The van der Waals surface area contributed by atoms with Crippen LogP contribution in [0.15, 0.2) is 57.9 Å². The van der Waals surface area contributed by atoms with E-state index in [9.17, 15) is 14.9 Å². The quantitative estimate of drug-likeness (QED) is 0.231. The van der Waals surface area contributed by atoms with E-state index in [4.69, 9.17) is 9.26 Å². The molecule has 1 aromatic heterocycles. The van der Waals surface area contributed by atoms with Gasteiger partial charge in [0.05, 0.1) is 4.92 Å². The van der Waals surface area contributed by atoms with E-state index in [1.54, 1.807) is 19.1 Å². The Morgan fingerprint density at radius 3 is 2.52 bits per heavy atom. The Balaban J connectivity index is 1.53. The Morgan fingerprint density at radius 1 is 1.21 bits per heavy atom. The molecular weight excluding hydrogens is 394 g/mol. The maximum absolute atomic E-state index is 12.2. The summed E-state index contributed by atoms with van der Waals surface area (Å²) in [5.74, 6) is 0.202. The minimum absolute atomic E-state index is 0.00103. The molecule has 0 fully saturated rings. The van der Waals surface area contributed by atoms with Crippen molar-refractivity contribution >= 4 is 23.4 Å². The predicted octanol–water partition coefficient (Wildman–Crippen LogP) is 4.43. The molecule has 150 valence electrons. The summed E-state index contributed by atoms with van der Waals surface area (Å²) in [6, 6.07) is 13.8. The molecule has 0 aliphatic heterocycles. The fourth-order valence-corrected chi connectivity index (χ4v) is 3.33. The highest BCUT2D eigenvalue weighted by Crippen LogP contribution is 2.26. The molecule has 3 aromatic rings. The van der Waals surface area contributed by atoms with E-state index in [0.29, 0.717) is 5.82 Å². The number of ether oxygens (including phenoxy) is 1. The number of carbonyl (C=O) groups excluding carboxylic acids is 1. The summed E-state index contributed by atoms with van der Waals surface area (Å²) >= 11 is 1.25. The standard InChI is InChI=1S/C20H19N3O5S/c1-3-14-4-6-15(7-5-14)19-21-18(28-22-19)12-27-20(24)13(2)29-17-10-8-16(9-11-17)23(25)26/h4-11,13H,3,12H2,1-2H3/t13-/m0/s1. The molecule has 0 saturated heterocycles. The van der Waals surface area contributed by atoms with Crippen molar-refractivity contribution in [1.29, 1.82) is 0 Å². The van der Waals surface area contributed by atoms with Crippen LogP contribution >= 0.6 is 11.8 Å². The van der Waals surface area contributed by atoms with Gasteiger partial charge >= 0.3 is 5.97 Å². The molecule has 1 atom stereocenters. The zero-order chi connectivity index (χ0) is 20.8. The van der Waals surface area contributed by atoms with Crippen molar-refractivity contribution in [1.82, 2.24) is 10.1 Å². The van der Waals surface area contributed by atoms with Crippen LogP contribution in [-0.4, -0.2) is 26.3 Å². The fraction of sp³-hybridized carbons (Fsp3) is 0.250. The fourth-order valence-electron chi connectivity index (χ4n) is 2.47. The van der Waals surface area contributed by atoms with Crippen LogP contribution < -0.4 is 0 Å². The number of carbonyl (C=O) groups is 1. The summed E-state index contributed by atoms with van der Waals surface area (Å²) in [7, 11) is 0. The lowest BCUT2D eigenvalue weighted by Crippen LogP contribution is -2.16. The van der Waals surface area contributed by atoms with Gasteiger partial charge in [-0.15, -0.1) is 11.8 Å². The first-order valence-electron chi connectivity index (χ1n) is 8.96. The van der Waals surface area contributed by atoms with Gasteiger partial charge in [0.15, 0.2) is 6.61 Å². The summed E-state index contributed by atoms with van der Waals surface area (Å²) in [6.45, 7) is 3.66. The van der Waals surface area contributed by atoms with Gasteiger partial charge in [-0.1, -0.05) is 36.3 Å². The SMILES string of the molecule is CCc1ccc(-c2noc(COC(=O)[C@H](C)Sc3ccc([N+](=O)[O-])cc3)n2)cc1. The molecular formula is C20H19N3O5S. The van der Waals surface area contributed by atoms with Crippen LogP contribution in [-0.2, 0) is 22.6 Å². The van der Waals surface area contributed by atoms with E-state index in [1.807, 2.05) is 24.3 Å². The molecule has 8 nitrogen and oxygen atoms in total. The van der Waals surface area contributed by atoms with Gasteiger partial charge in [-0.2, -0.15) is 4.98 Å². The highest BCUT2D eigenvalue weighted by molar-refractivity contribution is 8.00. The van der Waals surface area contributed by atoms with Gasteiger partial charge in [-0.3, -0.25) is 14.9 Å². The van der Waals surface area contributed by atoms with Crippen molar-refractivity contribution in [3.05, 3.63) is 70.1 Å². The smallest absolute Gasteiger partial charge is 0.319 e. The van der Waals surface area contributed by atoms with Crippen LogP contribution in [0.2, 0.25) is 0 Å². The maximum atomic E-state index is 12.2. The van der Waals surface area contributed by atoms with Gasteiger partial charge in [0.1, 0.15) is 5.25 Å². The van der Waals surface area contributed by atoms with E-state index < -0.39 is 16.1 Å². The number of nitro benzene ring substituents is 1. The molecule has 0 radical (unpaired) electrons. The molecule has 0 N–H and O–H groups in total. The minimum Gasteiger partial charge on any atom is -0.455 e. The van der Waals surface area contributed by atoms with Gasteiger partial charge in [0, 0.05) is 22.6 Å². The molecule has 2 aromatic carbocycles.